The van der Waals surface area contributed by atoms with E-state index in [1.54, 1.807) is 0 Å². The van der Waals surface area contributed by atoms with Crippen molar-refractivity contribution in [2.75, 3.05) is 0 Å². The summed E-state index contributed by atoms with van der Waals surface area (Å²) in [5, 5.41) is 0. The molecular formula is C30H29N. The molecule has 4 rings (SSSR count). The van der Waals surface area contributed by atoms with Crippen LogP contribution in [0.2, 0.25) is 0 Å². The molecule has 0 saturated carbocycles. The van der Waals surface area contributed by atoms with Gasteiger partial charge in [0.05, 0.1) is 0 Å². The number of rotatable bonds is 9. The molecule has 0 aromatic heterocycles. The largest absolute Gasteiger partial charge is 0.288 e. The first-order valence-electron chi connectivity index (χ1n) is 11.0. The number of hydrogen-bond donors (Lipinski definition) is 0. The van der Waals surface area contributed by atoms with Gasteiger partial charge in [-0.2, -0.15) is 0 Å². The van der Waals surface area contributed by atoms with Crippen molar-refractivity contribution < 1.29 is 0 Å². The molecule has 0 aliphatic rings. The van der Waals surface area contributed by atoms with Gasteiger partial charge >= 0.3 is 0 Å². The van der Waals surface area contributed by atoms with Crippen molar-refractivity contribution in [3.05, 3.63) is 150 Å². The Bertz CT molecular complexity index is 999. The molecule has 0 aliphatic heterocycles. The molecule has 31 heavy (non-hydrogen) atoms. The Morgan fingerprint density at radius 1 is 0.516 bits per heavy atom. The van der Waals surface area contributed by atoms with Gasteiger partial charge in [0.15, 0.2) is 0 Å². The summed E-state index contributed by atoms with van der Waals surface area (Å²) < 4.78 is 0. The van der Waals surface area contributed by atoms with Gasteiger partial charge in [-0.25, -0.2) is 0 Å². The average Bonchev–Trinajstić information content (AvgIpc) is 2.84. The normalized spacial score (nSPS) is 12.3. The zero-order valence-electron chi connectivity index (χ0n) is 17.8. The van der Waals surface area contributed by atoms with Gasteiger partial charge in [0.2, 0.25) is 0 Å². The SMILES string of the molecule is C(=C\C(Cc1ccccc1)N(Cc1ccccc1)Cc1ccccc1)/c1ccccc1. The lowest BCUT2D eigenvalue weighted by Crippen LogP contribution is -2.34. The number of nitrogens with zero attached hydrogens (tertiary/aromatic N) is 1. The van der Waals surface area contributed by atoms with Crippen LogP contribution in [0.15, 0.2) is 127 Å². The molecule has 0 radical (unpaired) electrons. The molecule has 0 fully saturated rings. The quantitative estimate of drug-likeness (QED) is 0.290. The second-order valence-corrected chi connectivity index (χ2v) is 7.90. The Balaban J connectivity index is 1.65. The van der Waals surface area contributed by atoms with Gasteiger partial charge in [0.1, 0.15) is 0 Å². The molecule has 1 nitrogen and oxygen atoms in total. The molecule has 0 bridgehead atoms. The summed E-state index contributed by atoms with van der Waals surface area (Å²) in [5.41, 5.74) is 5.27. The summed E-state index contributed by atoms with van der Waals surface area (Å²) in [4.78, 5) is 2.58. The Morgan fingerprint density at radius 3 is 1.42 bits per heavy atom. The lowest BCUT2D eigenvalue weighted by Gasteiger charge is -2.30. The third kappa shape index (κ3) is 6.53. The summed E-state index contributed by atoms with van der Waals surface area (Å²) in [7, 11) is 0. The van der Waals surface area contributed by atoms with Gasteiger partial charge in [-0.05, 0) is 28.7 Å². The highest BCUT2D eigenvalue weighted by Crippen LogP contribution is 2.19. The molecule has 1 heteroatoms. The lowest BCUT2D eigenvalue weighted by atomic mass is 10.0. The minimum absolute atomic E-state index is 0.281. The van der Waals surface area contributed by atoms with Crippen LogP contribution in [0.5, 0.6) is 0 Å². The molecule has 1 unspecified atom stereocenters. The maximum absolute atomic E-state index is 2.58. The van der Waals surface area contributed by atoms with Gasteiger partial charge in [0.25, 0.3) is 0 Å². The summed E-state index contributed by atoms with van der Waals surface area (Å²) in [6.07, 6.45) is 5.61. The van der Waals surface area contributed by atoms with Crippen LogP contribution in [-0.4, -0.2) is 10.9 Å². The zero-order chi connectivity index (χ0) is 21.1. The van der Waals surface area contributed by atoms with E-state index in [1.165, 1.54) is 22.3 Å². The highest BCUT2D eigenvalue weighted by molar-refractivity contribution is 5.49. The van der Waals surface area contributed by atoms with Crippen LogP contribution in [0.1, 0.15) is 22.3 Å². The molecule has 4 aromatic rings. The van der Waals surface area contributed by atoms with Gasteiger partial charge in [-0.1, -0.05) is 133 Å². The van der Waals surface area contributed by atoms with Crippen LogP contribution in [0.4, 0.5) is 0 Å². The fraction of sp³-hybridized carbons (Fsp3) is 0.133. The maximum Gasteiger partial charge on any atom is 0.0328 e. The van der Waals surface area contributed by atoms with Crippen LogP contribution in [0, 0.1) is 0 Å². The van der Waals surface area contributed by atoms with Crippen LogP contribution >= 0.6 is 0 Å². The summed E-state index contributed by atoms with van der Waals surface area (Å²) in [5.74, 6) is 0. The molecule has 0 spiro atoms. The van der Waals surface area contributed by atoms with E-state index < -0.39 is 0 Å². The van der Waals surface area contributed by atoms with Crippen molar-refractivity contribution in [2.24, 2.45) is 0 Å². The second-order valence-electron chi connectivity index (χ2n) is 7.90. The van der Waals surface area contributed by atoms with Crippen molar-refractivity contribution >= 4 is 6.08 Å². The third-order valence-corrected chi connectivity index (χ3v) is 5.52. The predicted molar refractivity (Wildman–Crippen MR) is 132 cm³/mol. The molecule has 0 saturated heterocycles. The van der Waals surface area contributed by atoms with Crippen LogP contribution in [0.25, 0.3) is 6.08 Å². The van der Waals surface area contributed by atoms with Gasteiger partial charge in [0, 0.05) is 19.1 Å². The molecular weight excluding hydrogens is 374 g/mol. The smallest absolute Gasteiger partial charge is 0.0328 e. The van der Waals surface area contributed by atoms with Crippen LogP contribution in [0.3, 0.4) is 0 Å². The minimum atomic E-state index is 0.281. The molecule has 4 aromatic carbocycles. The molecule has 0 amide bonds. The van der Waals surface area contributed by atoms with Gasteiger partial charge < -0.3 is 0 Å². The van der Waals surface area contributed by atoms with E-state index >= 15 is 0 Å². The molecule has 0 N–H and O–H groups in total. The highest BCUT2D eigenvalue weighted by atomic mass is 15.1. The lowest BCUT2D eigenvalue weighted by molar-refractivity contribution is 0.210. The number of hydrogen-bond acceptors (Lipinski definition) is 1. The predicted octanol–water partition coefficient (Wildman–Crippen LogP) is 7.01. The Labute approximate surface area is 186 Å². The third-order valence-electron chi connectivity index (χ3n) is 5.52. The summed E-state index contributed by atoms with van der Waals surface area (Å²) in [6.45, 7) is 1.82. The van der Waals surface area contributed by atoms with E-state index in [-0.39, 0.29) is 6.04 Å². The van der Waals surface area contributed by atoms with Crippen molar-refractivity contribution in [2.45, 2.75) is 25.6 Å². The summed E-state index contributed by atoms with van der Waals surface area (Å²) >= 11 is 0. The Kier molecular flexibility index (Phi) is 7.46. The first-order chi connectivity index (χ1) is 15.4. The van der Waals surface area contributed by atoms with E-state index in [2.05, 4.69) is 138 Å². The zero-order valence-corrected chi connectivity index (χ0v) is 17.8. The monoisotopic (exact) mass is 403 g/mol. The first-order valence-corrected chi connectivity index (χ1v) is 11.0. The van der Waals surface area contributed by atoms with E-state index in [9.17, 15) is 0 Å². The van der Waals surface area contributed by atoms with E-state index in [1.807, 2.05) is 0 Å². The number of benzene rings is 4. The highest BCUT2D eigenvalue weighted by Gasteiger charge is 2.18. The fourth-order valence-electron chi connectivity index (χ4n) is 3.89. The fourth-order valence-corrected chi connectivity index (χ4v) is 3.89. The first kappa shape index (κ1) is 20.8. The van der Waals surface area contributed by atoms with E-state index in [0.29, 0.717) is 0 Å². The Hall–Kier alpha value is -3.42. The van der Waals surface area contributed by atoms with E-state index in [0.717, 1.165) is 19.5 Å². The topological polar surface area (TPSA) is 3.24 Å². The van der Waals surface area contributed by atoms with E-state index in [4.69, 9.17) is 0 Å². The molecule has 0 aliphatic carbocycles. The molecule has 1 atom stereocenters. The van der Waals surface area contributed by atoms with Crippen LogP contribution in [-0.2, 0) is 19.5 Å². The van der Waals surface area contributed by atoms with Gasteiger partial charge in [-0.15, -0.1) is 0 Å². The van der Waals surface area contributed by atoms with Crippen molar-refractivity contribution in [1.29, 1.82) is 0 Å². The minimum Gasteiger partial charge on any atom is -0.288 e. The van der Waals surface area contributed by atoms with Crippen molar-refractivity contribution in [3.8, 4) is 0 Å². The Morgan fingerprint density at radius 2 is 0.935 bits per heavy atom. The standard InChI is InChI=1S/C30H29N/c1-5-13-26(14-6-1)21-22-30(23-27-15-7-2-8-16-27)31(24-28-17-9-3-10-18-28)25-29-19-11-4-12-20-29/h1-22,30H,23-25H2/b22-21+. The van der Waals surface area contributed by atoms with Crippen molar-refractivity contribution in [3.63, 3.8) is 0 Å². The molecule has 154 valence electrons. The van der Waals surface area contributed by atoms with Crippen molar-refractivity contribution in [1.82, 2.24) is 4.90 Å². The van der Waals surface area contributed by atoms with Crippen LogP contribution < -0.4 is 0 Å². The summed E-state index contributed by atoms with van der Waals surface area (Å²) in [6, 6.07) is 43.2. The second kappa shape index (κ2) is 11.1. The average molecular weight is 404 g/mol. The van der Waals surface area contributed by atoms with Gasteiger partial charge in [-0.3, -0.25) is 4.90 Å². The maximum atomic E-state index is 2.58. The molecule has 0 heterocycles.